The maximum atomic E-state index is 14.7. The van der Waals surface area contributed by atoms with Crippen LogP contribution in [0.25, 0.3) is 11.0 Å². The van der Waals surface area contributed by atoms with Gasteiger partial charge in [-0.2, -0.15) is 0 Å². The number of fused-ring (bicyclic) bond motifs is 1. The molecule has 38 heavy (non-hydrogen) atoms. The first kappa shape index (κ1) is 27.0. The van der Waals surface area contributed by atoms with Gasteiger partial charge >= 0.3 is 0 Å². The van der Waals surface area contributed by atoms with Crippen molar-refractivity contribution < 1.29 is 22.3 Å². The number of anilines is 2. The summed E-state index contributed by atoms with van der Waals surface area (Å²) >= 11 is 0.602. The highest BCUT2D eigenvalue weighted by Gasteiger charge is 2.38. The molecule has 0 bridgehead atoms. The van der Waals surface area contributed by atoms with E-state index in [1.807, 2.05) is 12.1 Å². The zero-order chi connectivity index (χ0) is 27.3. The number of nitrogens with zero attached hydrogens (tertiary/aromatic N) is 5. The summed E-state index contributed by atoms with van der Waals surface area (Å²) < 4.78 is 60.8. The summed E-state index contributed by atoms with van der Waals surface area (Å²) in [5.74, 6) is -1.97. The van der Waals surface area contributed by atoms with E-state index in [1.54, 1.807) is 18.3 Å². The van der Waals surface area contributed by atoms with Crippen molar-refractivity contribution in [1.29, 1.82) is 0 Å². The third-order valence-corrected chi connectivity index (χ3v) is 6.64. The summed E-state index contributed by atoms with van der Waals surface area (Å²) in [5, 5.41) is 2.79. The zero-order valence-corrected chi connectivity index (χ0v) is 21.1. The lowest BCUT2D eigenvalue weighted by atomic mass is 9.99. The van der Waals surface area contributed by atoms with E-state index in [2.05, 4.69) is 30.2 Å². The van der Waals surface area contributed by atoms with Crippen LogP contribution in [0.5, 0.6) is 5.88 Å². The van der Waals surface area contributed by atoms with Crippen LogP contribution in [0.15, 0.2) is 60.0 Å². The van der Waals surface area contributed by atoms with Crippen molar-refractivity contribution in [1.82, 2.24) is 19.9 Å². The van der Waals surface area contributed by atoms with E-state index < -0.39 is 29.2 Å². The summed E-state index contributed by atoms with van der Waals surface area (Å²) in [7, 11) is 1.36. The second-order valence-corrected chi connectivity index (χ2v) is 9.91. The van der Waals surface area contributed by atoms with E-state index in [0.29, 0.717) is 28.5 Å². The van der Waals surface area contributed by atoms with Gasteiger partial charge in [0.25, 0.3) is 6.43 Å². The summed E-state index contributed by atoms with van der Waals surface area (Å²) in [4.78, 5) is 20.8. The Kier molecular flexibility index (Phi) is 8.25. The second kappa shape index (κ2) is 11.6. The highest BCUT2D eigenvalue weighted by atomic mass is 32.2. The Morgan fingerprint density at radius 3 is 2.68 bits per heavy atom. The minimum absolute atomic E-state index is 0.0925. The molecule has 4 aromatic rings. The maximum Gasteiger partial charge on any atom is 0.253 e. The molecule has 0 saturated carbocycles. The van der Waals surface area contributed by atoms with Gasteiger partial charge in [-0.15, -0.1) is 0 Å². The minimum Gasteiger partial charge on any atom is -0.470 e. The molecule has 0 spiro atoms. The number of pyridine rings is 2. The summed E-state index contributed by atoms with van der Waals surface area (Å²) in [6.45, 7) is 1.41. The molecule has 1 aromatic carbocycles. The average molecular weight is 546 g/mol. The molecule has 3 aromatic heterocycles. The summed E-state index contributed by atoms with van der Waals surface area (Å²) in [6, 6.07) is 9.22. The number of rotatable bonds is 9. The van der Waals surface area contributed by atoms with Gasteiger partial charge < -0.3 is 15.8 Å². The monoisotopic (exact) mass is 545 g/mol. The highest BCUT2D eigenvalue weighted by molar-refractivity contribution is 8.15. The zero-order valence-electron chi connectivity index (χ0n) is 20.3. The van der Waals surface area contributed by atoms with Crippen LogP contribution in [0.2, 0.25) is 0 Å². The van der Waals surface area contributed by atoms with Crippen molar-refractivity contribution in [3.8, 4) is 5.88 Å². The number of nitrogens with one attached hydrogen (secondary N) is 1. The second-order valence-electron chi connectivity index (χ2n) is 8.36. The Balaban J connectivity index is 1.59. The van der Waals surface area contributed by atoms with E-state index in [-0.39, 0.29) is 34.7 Å². The van der Waals surface area contributed by atoms with Crippen LogP contribution in [-0.4, -0.2) is 43.3 Å². The molecule has 0 unspecified atom stereocenters. The number of benzene rings is 1. The van der Waals surface area contributed by atoms with Crippen LogP contribution in [0, 0.1) is 11.6 Å². The fraction of sp³-hybridized carbons (Fsp3) is 0.240. The molecule has 0 amide bonds. The van der Waals surface area contributed by atoms with Crippen LogP contribution in [0.4, 0.5) is 29.1 Å². The number of aliphatic imine (C=N–C) groups is 1. The van der Waals surface area contributed by atoms with E-state index in [1.165, 1.54) is 32.4 Å². The number of ether oxygens (including phenoxy) is 1. The smallest absolute Gasteiger partial charge is 0.253 e. The van der Waals surface area contributed by atoms with Crippen LogP contribution in [0.3, 0.4) is 0 Å². The molecular formula is C25H23F4N7OS. The van der Waals surface area contributed by atoms with Crippen LogP contribution in [-0.2, 0) is 13.0 Å². The van der Waals surface area contributed by atoms with Crippen molar-refractivity contribution in [2.24, 2.45) is 10.7 Å². The lowest BCUT2D eigenvalue weighted by molar-refractivity contribution is 0.106. The summed E-state index contributed by atoms with van der Waals surface area (Å²) in [5.41, 5.74) is 6.94. The van der Waals surface area contributed by atoms with Crippen molar-refractivity contribution in [2.45, 2.75) is 31.1 Å². The fourth-order valence-electron chi connectivity index (χ4n) is 3.53. The van der Waals surface area contributed by atoms with Crippen LogP contribution in [0.1, 0.15) is 18.2 Å². The van der Waals surface area contributed by atoms with E-state index in [9.17, 15) is 17.6 Å². The van der Waals surface area contributed by atoms with Gasteiger partial charge in [0.1, 0.15) is 12.1 Å². The lowest BCUT2D eigenvalue weighted by Crippen LogP contribution is -2.36. The largest absolute Gasteiger partial charge is 0.470 e. The topological polar surface area (TPSA) is 111 Å². The first-order chi connectivity index (χ1) is 18.2. The molecule has 198 valence electrons. The molecular weight excluding hydrogens is 522 g/mol. The average Bonchev–Trinajstić information content (AvgIpc) is 2.90. The van der Waals surface area contributed by atoms with Gasteiger partial charge in [-0.05, 0) is 43.2 Å². The Bertz CT molecular complexity index is 1460. The highest BCUT2D eigenvalue weighted by Crippen LogP contribution is 2.37. The molecule has 0 radical (unpaired) electrons. The molecule has 3 N–H and O–H groups in total. The van der Waals surface area contributed by atoms with Gasteiger partial charge in [-0.3, -0.25) is 9.98 Å². The van der Waals surface area contributed by atoms with Gasteiger partial charge in [0, 0.05) is 31.2 Å². The van der Waals surface area contributed by atoms with Gasteiger partial charge in [0.2, 0.25) is 5.88 Å². The number of alkyl halides is 2. The van der Waals surface area contributed by atoms with Crippen molar-refractivity contribution >= 4 is 39.5 Å². The van der Waals surface area contributed by atoms with E-state index in [0.717, 1.165) is 6.07 Å². The fourth-order valence-corrected chi connectivity index (χ4v) is 4.41. The standard InChI is InChI=1S/C25H23F4N7OS/c1-25(23(28)29,38-24(30)31-2)11-14-9-16(10-17(26)20(14)27)35-22-21-18(6-8-33-22)36-19(12-34-21)37-13-15-5-3-4-7-32-15/h3-10,12,23H,11,13H2,1-2H3,(H2,30,31)(H,33,35)/t25-/m1/s1. The molecule has 8 nitrogen and oxygen atoms in total. The molecule has 3 heterocycles. The molecule has 1 atom stereocenters. The van der Waals surface area contributed by atoms with Crippen LogP contribution >= 0.6 is 11.8 Å². The Morgan fingerprint density at radius 2 is 1.97 bits per heavy atom. The third-order valence-electron chi connectivity index (χ3n) is 5.46. The molecule has 13 heteroatoms. The number of halogens is 4. The van der Waals surface area contributed by atoms with Crippen molar-refractivity contribution in [2.75, 3.05) is 12.4 Å². The number of hydrogen-bond donors (Lipinski definition) is 2. The van der Waals surface area contributed by atoms with Gasteiger partial charge in [-0.1, -0.05) is 17.8 Å². The number of aromatic nitrogens is 4. The van der Waals surface area contributed by atoms with Gasteiger partial charge in [-0.25, -0.2) is 32.5 Å². The first-order valence-corrected chi connectivity index (χ1v) is 12.1. The van der Waals surface area contributed by atoms with E-state index >= 15 is 0 Å². The van der Waals surface area contributed by atoms with Gasteiger partial charge in [0.05, 0.1) is 22.2 Å². The predicted molar refractivity (Wildman–Crippen MR) is 139 cm³/mol. The molecule has 0 aliphatic carbocycles. The van der Waals surface area contributed by atoms with E-state index in [4.69, 9.17) is 10.5 Å². The normalized spacial score (nSPS) is 13.5. The molecule has 0 fully saturated rings. The molecule has 0 aliphatic heterocycles. The molecule has 4 rings (SSSR count). The molecule has 0 saturated heterocycles. The number of thioether (sulfide) groups is 1. The predicted octanol–water partition coefficient (Wildman–Crippen LogP) is 5.26. The Labute approximate surface area is 219 Å². The third kappa shape index (κ3) is 6.28. The number of amidine groups is 1. The maximum absolute atomic E-state index is 14.7. The Hall–Kier alpha value is -4.00. The number of nitrogens with two attached hydrogens (primary N) is 1. The number of hydrogen-bond acceptors (Lipinski definition) is 8. The Morgan fingerprint density at radius 1 is 1.16 bits per heavy atom. The molecule has 0 aliphatic rings. The minimum atomic E-state index is -2.89. The lowest BCUT2D eigenvalue weighted by Gasteiger charge is -2.28. The quantitative estimate of drug-likeness (QED) is 0.166. The van der Waals surface area contributed by atoms with Crippen molar-refractivity contribution in [3.05, 3.63) is 77.9 Å². The first-order valence-electron chi connectivity index (χ1n) is 11.3. The summed E-state index contributed by atoms with van der Waals surface area (Å²) in [6.07, 6.45) is 1.11. The SMILES string of the molecule is C/N=C(/N)S[C@](C)(Cc1cc(Nc2nccc3nc(OCc4ccccn4)cnc23)cc(F)c1F)C(F)F. The van der Waals surface area contributed by atoms with Gasteiger partial charge in [0.15, 0.2) is 22.6 Å². The van der Waals surface area contributed by atoms with Crippen LogP contribution < -0.4 is 15.8 Å². The van der Waals surface area contributed by atoms with Crippen molar-refractivity contribution in [3.63, 3.8) is 0 Å².